The Hall–Kier alpha value is -1.85. The van der Waals surface area contributed by atoms with Crippen LogP contribution in [-0.4, -0.2) is 19.9 Å². The van der Waals surface area contributed by atoms with Gasteiger partial charge >= 0.3 is 0 Å². The first-order valence-electron chi connectivity index (χ1n) is 6.40. The van der Waals surface area contributed by atoms with Crippen LogP contribution in [0.4, 0.5) is 0 Å². The van der Waals surface area contributed by atoms with Crippen LogP contribution >= 0.6 is 11.6 Å². The van der Waals surface area contributed by atoms with Crippen LogP contribution in [0.15, 0.2) is 28.8 Å². The number of fused-ring (bicyclic) bond motifs is 1. The molecule has 0 amide bonds. The molecule has 1 aromatic carbocycles. The number of nitrogens with zero attached hydrogens (tertiary/aromatic N) is 3. The van der Waals surface area contributed by atoms with Crippen LogP contribution in [0.25, 0.3) is 10.9 Å². The highest BCUT2D eigenvalue weighted by Gasteiger charge is 2.11. The maximum Gasteiger partial charge on any atom is 0.236 e. The largest absolute Gasteiger partial charge is 0.423 e. The van der Waals surface area contributed by atoms with Gasteiger partial charge in [0.15, 0.2) is 0 Å². The fourth-order valence-corrected chi connectivity index (χ4v) is 2.41. The minimum Gasteiger partial charge on any atom is -0.423 e. The molecule has 0 aliphatic rings. The Labute approximate surface area is 120 Å². The molecule has 0 bridgehead atoms. The number of halogens is 1. The number of rotatable bonds is 4. The molecule has 0 unspecified atom stereocenters. The quantitative estimate of drug-likeness (QED) is 0.803. The summed E-state index contributed by atoms with van der Waals surface area (Å²) in [5.74, 6) is 1.17. The standard InChI is InChI=1S/C14H14ClN3O2/c1-2-13-16-17-14(20-13)7-18-6-9(8-19)11-4-3-10(15)5-12(11)18/h3-6,19H,2,7-8H2,1H3. The summed E-state index contributed by atoms with van der Waals surface area (Å²) in [6.07, 6.45) is 2.60. The van der Waals surface area contributed by atoms with Gasteiger partial charge in [-0.25, -0.2) is 0 Å². The average Bonchev–Trinajstić information content (AvgIpc) is 3.04. The van der Waals surface area contributed by atoms with Crippen molar-refractivity contribution in [2.75, 3.05) is 0 Å². The Morgan fingerprint density at radius 1 is 1.30 bits per heavy atom. The summed E-state index contributed by atoms with van der Waals surface area (Å²) in [6.45, 7) is 2.41. The molecule has 0 atom stereocenters. The van der Waals surface area contributed by atoms with Crippen molar-refractivity contribution in [2.24, 2.45) is 0 Å². The molecule has 6 heteroatoms. The fraction of sp³-hybridized carbons (Fsp3) is 0.286. The Morgan fingerprint density at radius 2 is 2.10 bits per heavy atom. The summed E-state index contributed by atoms with van der Waals surface area (Å²) in [4.78, 5) is 0. The van der Waals surface area contributed by atoms with Gasteiger partial charge in [-0.1, -0.05) is 24.6 Å². The molecule has 3 aromatic rings. The highest BCUT2D eigenvalue weighted by atomic mass is 35.5. The first-order valence-corrected chi connectivity index (χ1v) is 6.78. The summed E-state index contributed by atoms with van der Waals surface area (Å²) in [7, 11) is 0. The minimum absolute atomic E-state index is 0.0187. The SMILES string of the molecule is CCc1nnc(Cn2cc(CO)c3ccc(Cl)cc32)o1. The number of aliphatic hydroxyl groups is 1. The van der Waals surface area contributed by atoms with Crippen LogP contribution in [0.1, 0.15) is 24.3 Å². The number of aliphatic hydroxyl groups excluding tert-OH is 1. The molecule has 20 heavy (non-hydrogen) atoms. The third kappa shape index (κ3) is 2.30. The van der Waals surface area contributed by atoms with E-state index < -0.39 is 0 Å². The van der Waals surface area contributed by atoms with Gasteiger partial charge in [-0.05, 0) is 12.1 Å². The molecular formula is C14H14ClN3O2. The van der Waals surface area contributed by atoms with E-state index in [2.05, 4.69) is 10.2 Å². The fourth-order valence-electron chi connectivity index (χ4n) is 2.24. The third-order valence-electron chi connectivity index (χ3n) is 3.21. The van der Waals surface area contributed by atoms with Crippen molar-refractivity contribution in [1.82, 2.24) is 14.8 Å². The molecule has 2 aromatic heterocycles. The van der Waals surface area contributed by atoms with E-state index in [0.717, 1.165) is 16.5 Å². The Balaban J connectivity index is 2.04. The number of hydrogen-bond donors (Lipinski definition) is 1. The van der Waals surface area contributed by atoms with E-state index in [-0.39, 0.29) is 6.61 Å². The third-order valence-corrected chi connectivity index (χ3v) is 3.45. The average molecular weight is 292 g/mol. The molecule has 0 fully saturated rings. The summed E-state index contributed by atoms with van der Waals surface area (Å²) in [6, 6.07) is 5.59. The zero-order chi connectivity index (χ0) is 14.1. The first kappa shape index (κ1) is 13.1. The Kier molecular flexibility index (Phi) is 3.46. The second-order valence-corrected chi connectivity index (χ2v) is 4.98. The number of benzene rings is 1. The van der Waals surface area contributed by atoms with Crippen molar-refractivity contribution in [3.8, 4) is 0 Å². The van der Waals surface area contributed by atoms with Crippen molar-refractivity contribution in [3.05, 3.63) is 46.8 Å². The topological polar surface area (TPSA) is 64.1 Å². The van der Waals surface area contributed by atoms with Crippen LogP contribution < -0.4 is 0 Å². The highest BCUT2D eigenvalue weighted by Crippen LogP contribution is 2.25. The maximum absolute atomic E-state index is 9.43. The molecule has 0 aliphatic carbocycles. The van der Waals surface area contributed by atoms with Gasteiger partial charge in [0.05, 0.1) is 12.1 Å². The van der Waals surface area contributed by atoms with Crippen LogP contribution in [0, 0.1) is 0 Å². The van der Waals surface area contributed by atoms with Gasteiger partial charge in [-0.2, -0.15) is 0 Å². The molecule has 1 N–H and O–H groups in total. The number of hydrogen-bond acceptors (Lipinski definition) is 4. The van der Waals surface area contributed by atoms with Gasteiger partial charge in [0, 0.05) is 28.6 Å². The summed E-state index contributed by atoms with van der Waals surface area (Å²) in [5.41, 5.74) is 1.80. The molecule has 5 nitrogen and oxygen atoms in total. The van der Waals surface area contributed by atoms with Crippen molar-refractivity contribution in [2.45, 2.75) is 26.5 Å². The van der Waals surface area contributed by atoms with E-state index in [1.54, 1.807) is 0 Å². The predicted octanol–water partition coefficient (Wildman–Crippen LogP) is 2.78. The molecule has 104 valence electrons. The highest BCUT2D eigenvalue weighted by molar-refractivity contribution is 6.31. The molecular weight excluding hydrogens is 278 g/mol. The molecule has 0 saturated carbocycles. The van der Waals surface area contributed by atoms with E-state index in [1.807, 2.05) is 35.9 Å². The van der Waals surface area contributed by atoms with E-state index in [1.165, 1.54) is 0 Å². The molecule has 0 aliphatic heterocycles. The van der Waals surface area contributed by atoms with Crippen LogP contribution in [0.2, 0.25) is 5.02 Å². The summed E-state index contributed by atoms with van der Waals surface area (Å²) < 4.78 is 7.48. The molecule has 0 saturated heterocycles. The van der Waals surface area contributed by atoms with Crippen LogP contribution in [-0.2, 0) is 19.6 Å². The lowest BCUT2D eigenvalue weighted by molar-refractivity contribution is 0.283. The van der Waals surface area contributed by atoms with Crippen molar-refractivity contribution in [3.63, 3.8) is 0 Å². The monoisotopic (exact) mass is 291 g/mol. The molecule has 0 spiro atoms. The van der Waals surface area contributed by atoms with Crippen molar-refractivity contribution in [1.29, 1.82) is 0 Å². The molecule has 0 radical (unpaired) electrons. The zero-order valence-corrected chi connectivity index (χ0v) is 11.8. The van der Waals surface area contributed by atoms with Crippen LogP contribution in [0.3, 0.4) is 0 Å². The molecule has 2 heterocycles. The van der Waals surface area contributed by atoms with Crippen molar-refractivity contribution >= 4 is 22.5 Å². The van der Waals surface area contributed by atoms with Gasteiger partial charge in [-0.15, -0.1) is 10.2 Å². The minimum atomic E-state index is -0.0187. The van der Waals surface area contributed by atoms with Crippen molar-refractivity contribution < 1.29 is 9.52 Å². The Bertz CT molecular complexity index is 748. The zero-order valence-electron chi connectivity index (χ0n) is 11.0. The number of aryl methyl sites for hydroxylation is 1. The van der Waals surface area contributed by atoms with Gasteiger partial charge in [0.1, 0.15) is 6.54 Å². The number of aromatic nitrogens is 3. The van der Waals surface area contributed by atoms with Crippen LogP contribution in [0.5, 0.6) is 0 Å². The normalized spacial score (nSPS) is 11.3. The van der Waals surface area contributed by atoms with E-state index in [9.17, 15) is 5.11 Å². The second-order valence-electron chi connectivity index (χ2n) is 4.54. The maximum atomic E-state index is 9.43. The van der Waals surface area contributed by atoms with Gasteiger partial charge in [0.2, 0.25) is 11.8 Å². The summed E-state index contributed by atoms with van der Waals surface area (Å²) in [5, 5.41) is 19.0. The predicted molar refractivity (Wildman–Crippen MR) is 75.6 cm³/mol. The lowest BCUT2D eigenvalue weighted by atomic mass is 10.2. The van der Waals surface area contributed by atoms with E-state index >= 15 is 0 Å². The second kappa shape index (κ2) is 5.26. The summed E-state index contributed by atoms with van der Waals surface area (Å²) >= 11 is 6.05. The smallest absolute Gasteiger partial charge is 0.236 e. The van der Waals surface area contributed by atoms with E-state index in [0.29, 0.717) is 29.8 Å². The lowest BCUT2D eigenvalue weighted by Crippen LogP contribution is -1.98. The molecule has 3 rings (SSSR count). The first-order chi connectivity index (χ1) is 9.71. The van der Waals surface area contributed by atoms with Gasteiger partial charge < -0.3 is 14.1 Å². The Morgan fingerprint density at radius 3 is 2.80 bits per heavy atom. The van der Waals surface area contributed by atoms with Gasteiger partial charge in [0.25, 0.3) is 0 Å². The van der Waals surface area contributed by atoms with Gasteiger partial charge in [-0.3, -0.25) is 0 Å². The van der Waals surface area contributed by atoms with E-state index in [4.69, 9.17) is 16.0 Å². The lowest BCUT2D eigenvalue weighted by Gasteiger charge is -2.01.